The Kier molecular flexibility index (Phi) is 9.89. The molecule has 165 valence electrons. The predicted octanol–water partition coefficient (Wildman–Crippen LogP) is 0.266. The fourth-order valence-electron chi connectivity index (χ4n) is 3.27. The monoisotopic (exact) mass is 430 g/mol. The standard InChI is InChI=1S/C21H26BFN3O5/c1-2-31-19(28)8-7-17(12-15-9-10-24-20(15)29)25-21(30)18(26-22-13-27)11-14-3-5-16(23)6-4-14/h3-8,13,15,17-18,26H,2,9-12H2,1H3,(H,24,29)(H,25,30)/b8-7+/t15-,17+,18-/m0/s1. The quantitative estimate of drug-likeness (QED) is 0.190. The van der Waals surface area contributed by atoms with Crippen LogP contribution in [-0.2, 0) is 30.3 Å². The van der Waals surface area contributed by atoms with E-state index in [1.165, 1.54) is 24.3 Å². The third-order valence-electron chi connectivity index (χ3n) is 4.82. The molecule has 2 amide bonds. The molecule has 0 saturated carbocycles. The highest BCUT2D eigenvalue weighted by Gasteiger charge is 2.28. The van der Waals surface area contributed by atoms with Crippen LogP contribution in [-0.4, -0.2) is 56.6 Å². The largest absolute Gasteiger partial charge is 0.463 e. The summed E-state index contributed by atoms with van der Waals surface area (Å²) in [5.41, 5.74) is 0.696. The molecule has 1 saturated heterocycles. The third kappa shape index (κ3) is 8.33. The second-order valence-electron chi connectivity index (χ2n) is 7.09. The molecule has 0 unspecified atom stereocenters. The summed E-state index contributed by atoms with van der Waals surface area (Å²) in [6.45, 7) is 2.47. The molecule has 31 heavy (non-hydrogen) atoms. The molecule has 1 aliphatic heterocycles. The van der Waals surface area contributed by atoms with Crippen LogP contribution in [0.25, 0.3) is 0 Å². The molecule has 1 fully saturated rings. The number of esters is 1. The second-order valence-corrected chi connectivity index (χ2v) is 7.09. The lowest BCUT2D eigenvalue weighted by molar-refractivity contribution is -0.137. The van der Waals surface area contributed by atoms with E-state index in [2.05, 4.69) is 15.9 Å². The lowest BCUT2D eigenvalue weighted by Crippen LogP contribution is -2.50. The molecule has 1 aromatic rings. The molecule has 8 nitrogen and oxygen atoms in total. The molecule has 0 bridgehead atoms. The van der Waals surface area contributed by atoms with Gasteiger partial charge in [-0.05, 0) is 43.9 Å². The van der Waals surface area contributed by atoms with Gasteiger partial charge in [0.05, 0.1) is 18.8 Å². The SMILES string of the molecule is CCOC(=O)/C=C/[C@H](C[C@@H]1CCNC1=O)NC(=O)[C@H](Cc1ccc(F)cc1)N[B]C=O. The van der Waals surface area contributed by atoms with E-state index < -0.39 is 29.8 Å². The number of benzene rings is 1. The molecule has 1 heterocycles. The van der Waals surface area contributed by atoms with Gasteiger partial charge in [0.2, 0.25) is 11.8 Å². The molecule has 0 aliphatic carbocycles. The van der Waals surface area contributed by atoms with Crippen molar-refractivity contribution in [2.75, 3.05) is 13.2 Å². The number of hydrogen-bond acceptors (Lipinski definition) is 6. The minimum atomic E-state index is -0.813. The van der Waals surface area contributed by atoms with Gasteiger partial charge in [-0.15, -0.1) is 0 Å². The number of hydrogen-bond donors (Lipinski definition) is 3. The maximum atomic E-state index is 13.2. The van der Waals surface area contributed by atoms with Crippen LogP contribution in [0.15, 0.2) is 36.4 Å². The van der Waals surface area contributed by atoms with Gasteiger partial charge in [0, 0.05) is 24.6 Å². The lowest BCUT2D eigenvalue weighted by atomic mass is 9.93. The second kappa shape index (κ2) is 12.6. The summed E-state index contributed by atoms with van der Waals surface area (Å²) >= 11 is 0. The molecule has 1 aliphatic rings. The van der Waals surface area contributed by atoms with E-state index in [0.717, 1.165) is 7.41 Å². The van der Waals surface area contributed by atoms with Crippen molar-refractivity contribution in [2.24, 2.45) is 5.92 Å². The van der Waals surface area contributed by atoms with Crippen molar-refractivity contribution in [2.45, 2.75) is 38.3 Å². The van der Waals surface area contributed by atoms with E-state index in [9.17, 15) is 23.6 Å². The van der Waals surface area contributed by atoms with Crippen LogP contribution < -0.4 is 15.9 Å². The van der Waals surface area contributed by atoms with Crippen LogP contribution in [0.2, 0.25) is 0 Å². The van der Waals surface area contributed by atoms with Crippen LogP contribution >= 0.6 is 0 Å². The van der Waals surface area contributed by atoms with Crippen molar-refractivity contribution in [3.05, 3.63) is 47.8 Å². The van der Waals surface area contributed by atoms with Gasteiger partial charge in [-0.1, -0.05) is 18.2 Å². The predicted molar refractivity (Wildman–Crippen MR) is 113 cm³/mol. The zero-order valence-electron chi connectivity index (χ0n) is 17.3. The van der Waals surface area contributed by atoms with Crippen LogP contribution in [0.1, 0.15) is 25.3 Å². The van der Waals surface area contributed by atoms with E-state index >= 15 is 0 Å². The number of rotatable bonds is 12. The average Bonchev–Trinajstić information content (AvgIpc) is 3.15. The summed E-state index contributed by atoms with van der Waals surface area (Å²) in [6, 6.07) is 4.28. The zero-order chi connectivity index (χ0) is 22.6. The van der Waals surface area contributed by atoms with E-state index in [-0.39, 0.29) is 24.9 Å². The average molecular weight is 430 g/mol. The number of amides is 2. The molecule has 1 radical (unpaired) electrons. The summed E-state index contributed by atoms with van der Waals surface area (Å²) < 4.78 is 18.0. The molecule has 0 aromatic heterocycles. The molecular formula is C21H26BFN3O5. The highest BCUT2D eigenvalue weighted by Crippen LogP contribution is 2.17. The fourth-order valence-corrected chi connectivity index (χ4v) is 3.27. The Morgan fingerprint density at radius 2 is 2.10 bits per heavy atom. The van der Waals surface area contributed by atoms with Crippen LogP contribution in [0, 0.1) is 11.7 Å². The first-order chi connectivity index (χ1) is 14.9. The van der Waals surface area contributed by atoms with Crippen molar-refractivity contribution in [3.63, 3.8) is 0 Å². The highest BCUT2D eigenvalue weighted by atomic mass is 19.1. The summed E-state index contributed by atoms with van der Waals surface area (Å²) in [7, 11) is 1.11. The van der Waals surface area contributed by atoms with E-state index in [1.54, 1.807) is 19.1 Å². The van der Waals surface area contributed by atoms with Gasteiger partial charge < -0.3 is 25.4 Å². The van der Waals surface area contributed by atoms with E-state index in [1.807, 2.05) is 0 Å². The van der Waals surface area contributed by atoms with Crippen molar-refractivity contribution in [1.82, 2.24) is 15.9 Å². The van der Waals surface area contributed by atoms with Crippen molar-refractivity contribution >= 4 is 31.4 Å². The summed E-state index contributed by atoms with van der Waals surface area (Å²) in [5, 5.41) is 8.30. The fraction of sp³-hybridized carbons (Fsp3) is 0.429. The molecule has 1 aromatic carbocycles. The third-order valence-corrected chi connectivity index (χ3v) is 4.82. The lowest BCUT2D eigenvalue weighted by Gasteiger charge is -2.23. The van der Waals surface area contributed by atoms with Crippen LogP contribution in [0.4, 0.5) is 4.39 Å². The number of carbonyl (C=O) groups is 4. The maximum Gasteiger partial charge on any atom is 0.330 e. The first kappa shape index (κ1) is 24.3. The van der Waals surface area contributed by atoms with Gasteiger partial charge >= 0.3 is 5.97 Å². The van der Waals surface area contributed by atoms with Crippen LogP contribution in [0.5, 0.6) is 0 Å². The Morgan fingerprint density at radius 1 is 1.35 bits per heavy atom. The summed E-state index contributed by atoms with van der Waals surface area (Å²) in [4.78, 5) is 47.3. The van der Waals surface area contributed by atoms with Gasteiger partial charge in [-0.2, -0.15) is 0 Å². The first-order valence-corrected chi connectivity index (χ1v) is 10.1. The summed E-state index contributed by atoms with van der Waals surface area (Å²) in [5.74, 6) is -1.76. The Labute approximate surface area is 181 Å². The van der Waals surface area contributed by atoms with Gasteiger partial charge in [0.25, 0.3) is 7.41 Å². The summed E-state index contributed by atoms with van der Waals surface area (Å²) in [6.07, 6.45) is 4.39. The normalized spacial score (nSPS) is 17.6. The molecule has 3 atom stereocenters. The first-order valence-electron chi connectivity index (χ1n) is 10.1. The van der Waals surface area contributed by atoms with E-state index in [0.29, 0.717) is 31.1 Å². The molecule has 10 heteroatoms. The maximum absolute atomic E-state index is 13.2. The Hall–Kier alpha value is -3.01. The van der Waals surface area contributed by atoms with Gasteiger partial charge in [-0.25, -0.2) is 9.18 Å². The minimum absolute atomic E-state index is 0.0981. The molecule has 2 rings (SSSR count). The van der Waals surface area contributed by atoms with Gasteiger partial charge in [0.1, 0.15) is 5.82 Å². The smallest absolute Gasteiger partial charge is 0.330 e. The Morgan fingerprint density at radius 3 is 2.71 bits per heavy atom. The number of ether oxygens (including phenoxy) is 1. The zero-order valence-corrected chi connectivity index (χ0v) is 17.3. The van der Waals surface area contributed by atoms with Crippen molar-refractivity contribution < 1.29 is 28.3 Å². The molecule has 0 spiro atoms. The van der Waals surface area contributed by atoms with Crippen molar-refractivity contribution in [3.8, 4) is 0 Å². The Balaban J connectivity index is 2.11. The molecular weight excluding hydrogens is 404 g/mol. The number of carbonyl (C=O) groups excluding carboxylic acids is 4. The Bertz CT molecular complexity index is 803. The van der Waals surface area contributed by atoms with Crippen LogP contribution in [0.3, 0.4) is 0 Å². The van der Waals surface area contributed by atoms with E-state index in [4.69, 9.17) is 4.74 Å². The number of halogens is 1. The topological polar surface area (TPSA) is 114 Å². The van der Waals surface area contributed by atoms with Crippen molar-refractivity contribution in [1.29, 1.82) is 0 Å². The van der Waals surface area contributed by atoms with Gasteiger partial charge in [-0.3, -0.25) is 9.59 Å². The van der Waals surface area contributed by atoms with Gasteiger partial charge in [0.15, 0.2) is 0 Å². The molecule has 3 N–H and O–H groups in total. The number of nitrogens with one attached hydrogen (secondary N) is 3. The minimum Gasteiger partial charge on any atom is -0.463 e. The highest BCUT2D eigenvalue weighted by molar-refractivity contribution is 6.64.